The van der Waals surface area contributed by atoms with E-state index < -0.39 is 0 Å². The number of rotatable bonds is 7. The van der Waals surface area contributed by atoms with Gasteiger partial charge in [0.1, 0.15) is 23.1 Å². The Morgan fingerprint density at radius 3 is 2.28 bits per heavy atom. The lowest BCUT2D eigenvalue weighted by molar-refractivity contribution is 0.312. The second-order valence-corrected chi connectivity index (χ2v) is 8.11. The number of hydrogen-bond acceptors (Lipinski definition) is 6. The van der Waals surface area contributed by atoms with E-state index in [1.165, 1.54) is 5.56 Å². The molecule has 0 bridgehead atoms. The van der Waals surface area contributed by atoms with Crippen molar-refractivity contribution in [2.75, 3.05) is 34.4 Å². The average Bonchev–Trinajstić information content (AvgIpc) is 3.22. The van der Waals surface area contributed by atoms with Crippen LogP contribution in [-0.2, 0) is 6.54 Å². The monoisotopic (exact) mass is 435 g/mol. The van der Waals surface area contributed by atoms with Gasteiger partial charge in [-0.05, 0) is 42.8 Å². The molecule has 1 aromatic heterocycles. The molecule has 4 rings (SSSR count). The average molecular weight is 436 g/mol. The topological polar surface area (TPSA) is 76.7 Å². The minimum absolute atomic E-state index is 0.0981. The third-order valence-electron chi connectivity index (χ3n) is 6.08. The molecule has 0 saturated carbocycles. The van der Waals surface area contributed by atoms with Gasteiger partial charge < -0.3 is 19.2 Å². The van der Waals surface area contributed by atoms with Crippen molar-refractivity contribution >= 4 is 0 Å². The van der Waals surface area contributed by atoms with Crippen LogP contribution in [0.15, 0.2) is 53.3 Å². The van der Waals surface area contributed by atoms with Crippen molar-refractivity contribution in [3.05, 3.63) is 81.5 Å². The summed E-state index contributed by atoms with van der Waals surface area (Å²) in [6, 6.07) is 15.7. The Labute approximate surface area is 188 Å². The molecule has 3 aromatic rings. The molecule has 1 aliphatic rings. The summed E-state index contributed by atoms with van der Waals surface area (Å²) < 4.78 is 16.3. The predicted molar refractivity (Wildman–Crippen MR) is 123 cm³/mol. The van der Waals surface area contributed by atoms with E-state index in [0.717, 1.165) is 41.6 Å². The summed E-state index contributed by atoms with van der Waals surface area (Å²) in [6.07, 6.45) is 0. The molecule has 168 valence electrons. The summed E-state index contributed by atoms with van der Waals surface area (Å²) in [5.74, 6) is 3.39. The molecule has 0 aliphatic carbocycles. The number of ether oxygens (including phenoxy) is 3. The quantitative estimate of drug-likeness (QED) is 0.612. The lowest BCUT2D eigenvalue weighted by atomic mass is 9.86. The number of nitrogens with one attached hydrogen (secondary N) is 1. The van der Waals surface area contributed by atoms with Gasteiger partial charge in [-0.25, -0.2) is 4.98 Å². The number of aryl methyl sites for hydroxylation is 1. The Hall–Kier alpha value is -3.32. The Morgan fingerprint density at radius 2 is 1.62 bits per heavy atom. The molecular weight excluding hydrogens is 406 g/mol. The van der Waals surface area contributed by atoms with E-state index in [1.54, 1.807) is 27.4 Å². The van der Waals surface area contributed by atoms with Gasteiger partial charge >= 0.3 is 0 Å². The highest BCUT2D eigenvalue weighted by atomic mass is 16.5. The second kappa shape index (κ2) is 9.44. The first-order chi connectivity index (χ1) is 15.5. The molecule has 1 aliphatic heterocycles. The first kappa shape index (κ1) is 21.9. The third-order valence-corrected chi connectivity index (χ3v) is 6.08. The maximum Gasteiger partial charge on any atom is 0.251 e. The Balaban J connectivity index is 1.67. The molecule has 7 heteroatoms. The van der Waals surface area contributed by atoms with Gasteiger partial charge in [-0.3, -0.25) is 9.69 Å². The zero-order valence-electron chi connectivity index (χ0n) is 18.9. The minimum atomic E-state index is -0.117. The molecule has 1 N–H and O–H groups in total. The molecule has 1 fully saturated rings. The van der Waals surface area contributed by atoms with Crippen LogP contribution >= 0.6 is 0 Å². The number of methoxy groups -OCH3 is 3. The summed E-state index contributed by atoms with van der Waals surface area (Å²) in [4.78, 5) is 22.0. The van der Waals surface area contributed by atoms with Crippen LogP contribution in [0.2, 0.25) is 0 Å². The number of benzene rings is 2. The zero-order valence-corrected chi connectivity index (χ0v) is 18.9. The Morgan fingerprint density at radius 1 is 0.938 bits per heavy atom. The van der Waals surface area contributed by atoms with Gasteiger partial charge in [0.05, 0.1) is 27.0 Å². The van der Waals surface area contributed by atoms with Crippen LogP contribution in [0, 0.1) is 6.92 Å². The smallest absolute Gasteiger partial charge is 0.251 e. The SMILES string of the molecule is COc1ccc([C@@H]2CN(Cc3cc(OC)ccc3OC)C[C@H]2c2cc(=O)[nH]c(C)n2)cc1. The van der Waals surface area contributed by atoms with Gasteiger partial charge in [0.15, 0.2) is 0 Å². The van der Waals surface area contributed by atoms with Gasteiger partial charge in [0.25, 0.3) is 5.56 Å². The van der Waals surface area contributed by atoms with E-state index >= 15 is 0 Å². The molecule has 2 atom stereocenters. The van der Waals surface area contributed by atoms with Crippen LogP contribution < -0.4 is 19.8 Å². The number of hydrogen-bond donors (Lipinski definition) is 1. The molecule has 0 radical (unpaired) electrons. The van der Waals surface area contributed by atoms with Crippen LogP contribution in [-0.4, -0.2) is 49.3 Å². The van der Waals surface area contributed by atoms with Gasteiger partial charge in [-0.2, -0.15) is 0 Å². The summed E-state index contributed by atoms with van der Waals surface area (Å²) in [7, 11) is 5.01. The number of likely N-dealkylation sites (tertiary alicyclic amines) is 1. The van der Waals surface area contributed by atoms with Crippen molar-refractivity contribution in [2.24, 2.45) is 0 Å². The fraction of sp³-hybridized carbons (Fsp3) is 0.360. The summed E-state index contributed by atoms with van der Waals surface area (Å²) in [5.41, 5.74) is 2.98. The maximum atomic E-state index is 12.2. The Bertz CT molecular complexity index is 1130. The third kappa shape index (κ3) is 4.62. The van der Waals surface area contributed by atoms with Crippen LogP contribution in [0.1, 0.15) is 34.5 Å². The van der Waals surface area contributed by atoms with Crippen LogP contribution in [0.3, 0.4) is 0 Å². The first-order valence-corrected chi connectivity index (χ1v) is 10.7. The number of aromatic amines is 1. The predicted octanol–water partition coefficient (Wildman–Crippen LogP) is 3.49. The van der Waals surface area contributed by atoms with E-state index in [0.29, 0.717) is 12.4 Å². The molecule has 2 aromatic carbocycles. The van der Waals surface area contributed by atoms with Crippen molar-refractivity contribution in [1.82, 2.24) is 14.9 Å². The lowest BCUT2D eigenvalue weighted by Gasteiger charge is -2.19. The molecule has 0 unspecified atom stereocenters. The summed E-state index contributed by atoms with van der Waals surface area (Å²) in [5, 5.41) is 0. The lowest BCUT2D eigenvalue weighted by Crippen LogP contribution is -2.21. The normalized spacial score (nSPS) is 18.5. The molecule has 0 spiro atoms. The van der Waals surface area contributed by atoms with E-state index in [-0.39, 0.29) is 17.4 Å². The molecular formula is C25H29N3O4. The fourth-order valence-electron chi connectivity index (χ4n) is 4.54. The molecule has 1 saturated heterocycles. The van der Waals surface area contributed by atoms with Gasteiger partial charge in [0.2, 0.25) is 0 Å². The van der Waals surface area contributed by atoms with Crippen LogP contribution in [0.4, 0.5) is 0 Å². The zero-order chi connectivity index (χ0) is 22.7. The van der Waals surface area contributed by atoms with Crippen LogP contribution in [0.5, 0.6) is 17.2 Å². The first-order valence-electron chi connectivity index (χ1n) is 10.7. The maximum absolute atomic E-state index is 12.2. The summed E-state index contributed by atoms with van der Waals surface area (Å²) in [6.45, 7) is 4.16. The van der Waals surface area contributed by atoms with Gasteiger partial charge in [-0.1, -0.05) is 12.1 Å². The Kier molecular flexibility index (Phi) is 6.46. The van der Waals surface area contributed by atoms with Crippen molar-refractivity contribution in [3.8, 4) is 17.2 Å². The van der Waals surface area contributed by atoms with Crippen LogP contribution in [0.25, 0.3) is 0 Å². The van der Waals surface area contributed by atoms with Crippen molar-refractivity contribution < 1.29 is 14.2 Å². The number of nitrogens with zero attached hydrogens (tertiary/aromatic N) is 2. The highest BCUT2D eigenvalue weighted by Crippen LogP contribution is 2.40. The van der Waals surface area contributed by atoms with E-state index in [1.807, 2.05) is 37.3 Å². The molecule has 7 nitrogen and oxygen atoms in total. The molecule has 0 amide bonds. The van der Waals surface area contributed by atoms with E-state index in [4.69, 9.17) is 14.2 Å². The van der Waals surface area contributed by atoms with Gasteiger partial charge in [0, 0.05) is 43.1 Å². The highest BCUT2D eigenvalue weighted by molar-refractivity contribution is 5.41. The second-order valence-electron chi connectivity index (χ2n) is 8.11. The molecule has 32 heavy (non-hydrogen) atoms. The van der Waals surface area contributed by atoms with Crippen molar-refractivity contribution in [2.45, 2.75) is 25.3 Å². The number of aromatic nitrogens is 2. The van der Waals surface area contributed by atoms with Crippen molar-refractivity contribution in [3.63, 3.8) is 0 Å². The minimum Gasteiger partial charge on any atom is -0.497 e. The standard InChI is InChI=1S/C25H29N3O4/c1-16-26-23(12-25(29)27-16)22-15-28(13-18-11-20(31-3)9-10-24(18)32-4)14-21(22)17-5-7-19(30-2)8-6-17/h5-12,21-22H,13-15H2,1-4H3,(H,26,27,29)/t21-,22+/m0/s1. The summed E-state index contributed by atoms with van der Waals surface area (Å²) >= 11 is 0. The fourth-order valence-corrected chi connectivity index (χ4v) is 4.54. The number of H-pyrrole nitrogens is 1. The van der Waals surface area contributed by atoms with E-state index in [9.17, 15) is 4.79 Å². The van der Waals surface area contributed by atoms with Crippen molar-refractivity contribution in [1.29, 1.82) is 0 Å². The highest BCUT2D eigenvalue weighted by Gasteiger charge is 2.36. The van der Waals surface area contributed by atoms with E-state index in [2.05, 4.69) is 27.0 Å². The molecule has 2 heterocycles. The van der Waals surface area contributed by atoms with Gasteiger partial charge in [-0.15, -0.1) is 0 Å². The largest absolute Gasteiger partial charge is 0.497 e.